The van der Waals surface area contributed by atoms with Gasteiger partial charge in [0.15, 0.2) is 0 Å². The number of nitrogens with zero attached hydrogens (tertiary/aromatic N) is 2. The zero-order valence-electron chi connectivity index (χ0n) is 11.3. The number of nitro benzene ring substituents is 1. The Morgan fingerprint density at radius 2 is 2.05 bits per heavy atom. The summed E-state index contributed by atoms with van der Waals surface area (Å²) in [5.41, 5.74) is 0.758. The van der Waals surface area contributed by atoms with E-state index in [1.54, 1.807) is 19.1 Å². The fourth-order valence-corrected chi connectivity index (χ4v) is 2.28. The van der Waals surface area contributed by atoms with Gasteiger partial charge in [0.05, 0.1) is 11.0 Å². The van der Waals surface area contributed by atoms with Gasteiger partial charge in [-0.15, -0.1) is 0 Å². The van der Waals surface area contributed by atoms with E-state index in [1.807, 2.05) is 18.7 Å². The molecule has 5 nitrogen and oxygen atoms in total. The van der Waals surface area contributed by atoms with Crippen LogP contribution < -0.4 is 0 Å². The van der Waals surface area contributed by atoms with E-state index in [0.29, 0.717) is 18.7 Å². The maximum absolute atomic E-state index is 11.0. The minimum absolute atomic E-state index is 0.111. The van der Waals surface area contributed by atoms with Crippen molar-refractivity contribution in [3.8, 4) is 0 Å². The van der Waals surface area contributed by atoms with Crippen LogP contribution in [0.3, 0.4) is 0 Å². The lowest BCUT2D eigenvalue weighted by molar-refractivity contribution is -0.385. The lowest BCUT2D eigenvalue weighted by Gasteiger charge is -2.27. The van der Waals surface area contributed by atoms with Gasteiger partial charge in [-0.2, -0.15) is 0 Å². The first kappa shape index (κ1) is 16.1. The topological polar surface area (TPSA) is 66.6 Å². The van der Waals surface area contributed by atoms with Crippen molar-refractivity contribution in [3.05, 3.63) is 38.3 Å². The zero-order valence-corrected chi connectivity index (χ0v) is 12.9. The molecule has 0 aromatic heterocycles. The van der Waals surface area contributed by atoms with Crippen LogP contribution in [0.1, 0.15) is 26.3 Å². The second kappa shape index (κ2) is 6.98. The Morgan fingerprint density at radius 1 is 1.42 bits per heavy atom. The summed E-state index contributed by atoms with van der Waals surface area (Å²) >= 11 is 3.33. The maximum atomic E-state index is 11.0. The molecule has 0 aliphatic rings. The third-order valence-electron chi connectivity index (χ3n) is 2.84. The highest BCUT2D eigenvalue weighted by Crippen LogP contribution is 2.25. The molecule has 1 rings (SSSR count). The van der Waals surface area contributed by atoms with Gasteiger partial charge < -0.3 is 5.11 Å². The molecule has 0 heterocycles. The molecule has 6 heteroatoms. The smallest absolute Gasteiger partial charge is 0.273 e. The first-order valence-corrected chi connectivity index (χ1v) is 6.95. The summed E-state index contributed by atoms with van der Waals surface area (Å²) in [4.78, 5) is 12.7. The third-order valence-corrected chi connectivity index (χ3v) is 3.33. The Balaban J connectivity index is 3.01. The summed E-state index contributed by atoms with van der Waals surface area (Å²) in [6, 6.07) is 5.12. The number of hydrogen-bond donors (Lipinski definition) is 1. The van der Waals surface area contributed by atoms with Crippen molar-refractivity contribution < 1.29 is 10.0 Å². The van der Waals surface area contributed by atoms with E-state index in [2.05, 4.69) is 15.9 Å². The molecule has 1 aromatic carbocycles. The summed E-state index contributed by atoms with van der Waals surface area (Å²) < 4.78 is 0.814. The van der Waals surface area contributed by atoms with Crippen molar-refractivity contribution in [2.24, 2.45) is 0 Å². The lowest BCUT2D eigenvalue weighted by Crippen LogP contribution is -2.36. The fourth-order valence-electron chi connectivity index (χ4n) is 1.87. The number of aliphatic hydroxyl groups excluding tert-OH is 1. The molecule has 19 heavy (non-hydrogen) atoms. The van der Waals surface area contributed by atoms with Gasteiger partial charge in [-0.05, 0) is 32.9 Å². The predicted octanol–water partition coefficient (Wildman–Crippen LogP) is 2.95. The van der Waals surface area contributed by atoms with E-state index in [-0.39, 0.29) is 16.7 Å². The van der Waals surface area contributed by atoms with Gasteiger partial charge in [-0.1, -0.05) is 15.9 Å². The van der Waals surface area contributed by atoms with Gasteiger partial charge in [0.2, 0.25) is 0 Å². The Labute approximate surface area is 121 Å². The Kier molecular flexibility index (Phi) is 5.90. The molecule has 0 bridgehead atoms. The molecule has 1 N–H and O–H groups in total. The highest BCUT2D eigenvalue weighted by Gasteiger charge is 2.19. The second-order valence-electron chi connectivity index (χ2n) is 4.90. The van der Waals surface area contributed by atoms with Crippen LogP contribution in [0, 0.1) is 10.1 Å². The van der Waals surface area contributed by atoms with E-state index in [1.165, 1.54) is 6.07 Å². The van der Waals surface area contributed by atoms with Crippen molar-refractivity contribution >= 4 is 21.6 Å². The minimum Gasteiger partial charge on any atom is -0.392 e. The van der Waals surface area contributed by atoms with Crippen molar-refractivity contribution in [2.45, 2.75) is 39.5 Å². The monoisotopic (exact) mass is 330 g/mol. The number of nitro groups is 1. The largest absolute Gasteiger partial charge is 0.392 e. The van der Waals surface area contributed by atoms with Crippen LogP contribution in [0.5, 0.6) is 0 Å². The van der Waals surface area contributed by atoms with Crippen LogP contribution in [0.4, 0.5) is 5.69 Å². The zero-order chi connectivity index (χ0) is 14.6. The van der Waals surface area contributed by atoms with Gasteiger partial charge in [0, 0.05) is 35.2 Å². The first-order chi connectivity index (χ1) is 8.81. The molecule has 0 amide bonds. The van der Waals surface area contributed by atoms with Crippen LogP contribution in [0.15, 0.2) is 22.7 Å². The van der Waals surface area contributed by atoms with E-state index in [4.69, 9.17) is 0 Å². The summed E-state index contributed by atoms with van der Waals surface area (Å²) in [6.45, 7) is 6.66. The normalized spacial score (nSPS) is 13.0. The SMILES string of the molecule is CC(O)CN(Cc1cc(Br)ccc1[N+](=O)[O-])C(C)C. The average Bonchev–Trinajstić information content (AvgIpc) is 2.26. The van der Waals surface area contributed by atoms with E-state index < -0.39 is 6.10 Å². The molecule has 0 fully saturated rings. The number of aliphatic hydroxyl groups is 1. The predicted molar refractivity (Wildman–Crippen MR) is 78.0 cm³/mol. The average molecular weight is 331 g/mol. The molecular formula is C13H19BrN2O3. The van der Waals surface area contributed by atoms with Gasteiger partial charge in [0.25, 0.3) is 5.69 Å². The molecule has 0 aliphatic carbocycles. The molecule has 0 aliphatic heterocycles. The van der Waals surface area contributed by atoms with Crippen molar-refractivity contribution in [2.75, 3.05) is 6.54 Å². The molecule has 106 valence electrons. The second-order valence-corrected chi connectivity index (χ2v) is 5.82. The molecule has 1 aromatic rings. The molecule has 0 saturated carbocycles. The number of rotatable bonds is 6. The van der Waals surface area contributed by atoms with Gasteiger partial charge >= 0.3 is 0 Å². The van der Waals surface area contributed by atoms with Crippen LogP contribution >= 0.6 is 15.9 Å². The van der Waals surface area contributed by atoms with Crippen LogP contribution in [0.25, 0.3) is 0 Å². The van der Waals surface area contributed by atoms with Crippen LogP contribution in [0.2, 0.25) is 0 Å². The number of benzene rings is 1. The van der Waals surface area contributed by atoms with Gasteiger partial charge in [-0.3, -0.25) is 15.0 Å². The fraction of sp³-hybridized carbons (Fsp3) is 0.538. The standard InChI is InChI=1S/C13H19BrN2O3/c1-9(2)15(7-10(3)17)8-11-6-12(14)4-5-13(11)16(18)19/h4-6,9-10,17H,7-8H2,1-3H3. The highest BCUT2D eigenvalue weighted by molar-refractivity contribution is 9.10. The van der Waals surface area contributed by atoms with Crippen LogP contribution in [-0.2, 0) is 6.54 Å². The summed E-state index contributed by atoms with van der Waals surface area (Å²) in [5, 5.41) is 20.5. The Morgan fingerprint density at radius 3 is 2.53 bits per heavy atom. The third kappa shape index (κ3) is 4.89. The van der Waals surface area contributed by atoms with Crippen molar-refractivity contribution in [3.63, 3.8) is 0 Å². The summed E-state index contributed by atoms with van der Waals surface area (Å²) in [7, 11) is 0. The molecule has 1 atom stereocenters. The van der Waals surface area contributed by atoms with Gasteiger partial charge in [-0.25, -0.2) is 0 Å². The molecule has 1 unspecified atom stereocenters. The summed E-state index contributed by atoms with van der Waals surface area (Å²) in [5.74, 6) is 0. The first-order valence-electron chi connectivity index (χ1n) is 6.16. The van der Waals surface area contributed by atoms with Crippen LogP contribution in [-0.4, -0.2) is 33.6 Å². The van der Waals surface area contributed by atoms with Gasteiger partial charge in [0.1, 0.15) is 0 Å². The summed E-state index contributed by atoms with van der Waals surface area (Å²) in [6.07, 6.45) is -0.464. The molecule has 0 spiro atoms. The van der Waals surface area contributed by atoms with E-state index in [0.717, 1.165) is 4.47 Å². The minimum atomic E-state index is -0.464. The Bertz CT molecular complexity index is 450. The molecule has 0 radical (unpaired) electrons. The highest BCUT2D eigenvalue weighted by atomic mass is 79.9. The molecule has 0 saturated heterocycles. The van der Waals surface area contributed by atoms with E-state index >= 15 is 0 Å². The number of halogens is 1. The van der Waals surface area contributed by atoms with E-state index in [9.17, 15) is 15.2 Å². The molecular weight excluding hydrogens is 312 g/mol. The van der Waals surface area contributed by atoms with Crippen molar-refractivity contribution in [1.82, 2.24) is 4.90 Å². The Hall–Kier alpha value is -0.980. The van der Waals surface area contributed by atoms with Crippen molar-refractivity contribution in [1.29, 1.82) is 0 Å². The lowest BCUT2D eigenvalue weighted by atomic mass is 10.1. The number of hydrogen-bond acceptors (Lipinski definition) is 4. The quantitative estimate of drug-likeness (QED) is 0.643. The maximum Gasteiger partial charge on any atom is 0.273 e.